The van der Waals surface area contributed by atoms with Gasteiger partial charge in [-0.25, -0.2) is 9.78 Å². The highest BCUT2D eigenvalue weighted by atomic mass is 35.5. The van der Waals surface area contributed by atoms with E-state index in [4.69, 9.17) is 32.9 Å². The number of benzene rings is 1. The Kier molecular flexibility index (Phi) is 7.56. The van der Waals surface area contributed by atoms with E-state index in [-0.39, 0.29) is 39.2 Å². The molecule has 0 aliphatic carbocycles. The van der Waals surface area contributed by atoms with Crippen molar-refractivity contribution in [3.8, 4) is 0 Å². The smallest absolute Gasteiger partial charge is 0.341 e. The molecule has 0 radical (unpaired) electrons. The minimum atomic E-state index is -0.702. The lowest BCUT2D eigenvalue weighted by molar-refractivity contribution is 0.0523. The standard InChI is InChI=1S/C26H24Cl2N4O4/c1-4-6-11-31-22-18(25(34)32-12-7-8-15(3)21(32)29-22)14-19(26(35)36-5-2)23(31)30-24(33)17-10-9-16(27)13-20(17)28/h7-10,12-14H,4-6,11H2,1-3H3. The Labute approximate surface area is 216 Å². The number of hydrogen-bond acceptors (Lipinski definition) is 5. The van der Waals surface area contributed by atoms with E-state index in [0.717, 1.165) is 12.0 Å². The summed E-state index contributed by atoms with van der Waals surface area (Å²) in [5.41, 5.74) is 1.43. The number of aromatic nitrogens is 3. The fourth-order valence-corrected chi connectivity index (χ4v) is 4.40. The van der Waals surface area contributed by atoms with E-state index in [1.165, 1.54) is 28.7 Å². The second-order valence-corrected chi connectivity index (χ2v) is 9.03. The van der Waals surface area contributed by atoms with Crippen LogP contribution in [0.1, 0.15) is 53.0 Å². The number of ether oxygens (including phenoxy) is 1. The van der Waals surface area contributed by atoms with Crippen LogP contribution < -0.4 is 11.0 Å². The van der Waals surface area contributed by atoms with Gasteiger partial charge in [0.15, 0.2) is 5.49 Å². The first kappa shape index (κ1) is 25.6. The van der Waals surface area contributed by atoms with Crippen molar-refractivity contribution in [3.05, 3.63) is 85.2 Å². The van der Waals surface area contributed by atoms with E-state index in [2.05, 4.69) is 4.99 Å². The number of aryl methyl sites for hydroxylation is 2. The third-order valence-electron chi connectivity index (χ3n) is 5.70. The Balaban J connectivity index is 2.14. The lowest BCUT2D eigenvalue weighted by Crippen LogP contribution is -2.33. The van der Waals surface area contributed by atoms with Gasteiger partial charge in [-0.1, -0.05) is 42.6 Å². The molecule has 36 heavy (non-hydrogen) atoms. The summed E-state index contributed by atoms with van der Waals surface area (Å²) in [6, 6.07) is 9.46. The summed E-state index contributed by atoms with van der Waals surface area (Å²) in [6.07, 6.45) is 3.14. The van der Waals surface area contributed by atoms with Gasteiger partial charge in [0.1, 0.15) is 16.9 Å². The summed E-state index contributed by atoms with van der Waals surface area (Å²) in [4.78, 5) is 48.8. The molecule has 1 amide bonds. The Bertz CT molecular complexity index is 1640. The highest BCUT2D eigenvalue weighted by Crippen LogP contribution is 2.22. The molecule has 4 rings (SSSR count). The van der Waals surface area contributed by atoms with Gasteiger partial charge in [0.2, 0.25) is 0 Å². The van der Waals surface area contributed by atoms with Crippen LogP contribution in [0.25, 0.3) is 16.7 Å². The highest BCUT2D eigenvalue weighted by Gasteiger charge is 2.21. The molecule has 186 valence electrons. The topological polar surface area (TPSA) is 95.0 Å². The summed E-state index contributed by atoms with van der Waals surface area (Å²) in [5, 5.41) is 0.723. The number of carbonyl (C=O) groups excluding carboxylic acids is 2. The average Bonchev–Trinajstić information content (AvgIpc) is 2.84. The number of amides is 1. The molecular formula is C26H24Cl2N4O4. The Hall–Kier alpha value is -3.49. The maximum atomic E-state index is 13.5. The zero-order valence-electron chi connectivity index (χ0n) is 20.0. The number of esters is 1. The van der Waals surface area contributed by atoms with Crippen molar-refractivity contribution in [2.45, 2.75) is 40.2 Å². The van der Waals surface area contributed by atoms with Gasteiger partial charge in [-0.15, -0.1) is 0 Å². The van der Waals surface area contributed by atoms with E-state index in [9.17, 15) is 14.4 Å². The molecule has 0 unspecified atom stereocenters. The predicted molar refractivity (Wildman–Crippen MR) is 139 cm³/mol. The van der Waals surface area contributed by atoms with Gasteiger partial charge in [0, 0.05) is 17.8 Å². The largest absolute Gasteiger partial charge is 0.462 e. The molecule has 0 saturated carbocycles. The van der Waals surface area contributed by atoms with Crippen LogP contribution >= 0.6 is 23.2 Å². The quantitative estimate of drug-likeness (QED) is 0.260. The first-order valence-electron chi connectivity index (χ1n) is 11.5. The number of unbranched alkanes of at least 4 members (excludes halogenated alkanes) is 1. The number of pyridine rings is 2. The summed E-state index contributed by atoms with van der Waals surface area (Å²) >= 11 is 12.2. The molecule has 0 N–H and O–H groups in total. The summed E-state index contributed by atoms with van der Waals surface area (Å²) in [7, 11) is 0. The molecule has 3 aromatic heterocycles. The third-order valence-corrected chi connectivity index (χ3v) is 6.25. The van der Waals surface area contributed by atoms with Gasteiger partial charge >= 0.3 is 5.97 Å². The van der Waals surface area contributed by atoms with Gasteiger partial charge < -0.3 is 9.30 Å². The van der Waals surface area contributed by atoms with Crippen LogP contribution in [0.4, 0.5) is 0 Å². The van der Waals surface area contributed by atoms with Crippen LogP contribution in [-0.4, -0.2) is 32.4 Å². The zero-order chi connectivity index (χ0) is 26.0. The van der Waals surface area contributed by atoms with Gasteiger partial charge in [0.05, 0.1) is 22.6 Å². The van der Waals surface area contributed by atoms with Crippen molar-refractivity contribution < 1.29 is 14.3 Å². The first-order valence-corrected chi connectivity index (χ1v) is 12.3. The molecule has 0 aliphatic rings. The van der Waals surface area contributed by atoms with E-state index in [1.54, 1.807) is 23.8 Å². The number of halogens is 2. The van der Waals surface area contributed by atoms with E-state index < -0.39 is 11.9 Å². The number of fused-ring (bicyclic) bond motifs is 2. The van der Waals surface area contributed by atoms with Crippen LogP contribution in [0.5, 0.6) is 0 Å². The van der Waals surface area contributed by atoms with Gasteiger partial charge in [-0.05, 0) is 56.2 Å². The monoisotopic (exact) mass is 526 g/mol. The molecule has 0 fully saturated rings. The van der Waals surface area contributed by atoms with E-state index >= 15 is 0 Å². The molecule has 0 aliphatic heterocycles. The molecule has 8 nitrogen and oxygen atoms in total. The molecule has 4 aromatic rings. The molecule has 10 heteroatoms. The molecule has 0 spiro atoms. The first-order chi connectivity index (χ1) is 17.3. The zero-order valence-corrected chi connectivity index (χ0v) is 21.6. The molecular weight excluding hydrogens is 503 g/mol. The SMILES string of the molecule is CCCCn1c(=NC(=O)c2ccc(Cl)cc2Cl)c(C(=O)OCC)cc2c(=O)n3cccc(C)c3nc21. The lowest BCUT2D eigenvalue weighted by Gasteiger charge is -2.15. The third kappa shape index (κ3) is 4.79. The van der Waals surface area contributed by atoms with Crippen LogP contribution in [0, 0.1) is 6.92 Å². The Morgan fingerprint density at radius 3 is 2.56 bits per heavy atom. The fraction of sp³-hybridized carbons (Fsp3) is 0.269. The van der Waals surface area contributed by atoms with Crippen LogP contribution in [0.2, 0.25) is 10.0 Å². The minimum absolute atomic E-state index is 0.00890. The van der Waals surface area contributed by atoms with Gasteiger partial charge in [-0.2, -0.15) is 4.99 Å². The summed E-state index contributed by atoms with van der Waals surface area (Å²) < 4.78 is 8.33. The number of hydrogen-bond donors (Lipinski definition) is 0. The number of nitrogens with zero attached hydrogens (tertiary/aromatic N) is 4. The fourth-order valence-electron chi connectivity index (χ4n) is 3.91. The van der Waals surface area contributed by atoms with E-state index in [0.29, 0.717) is 29.3 Å². The predicted octanol–water partition coefficient (Wildman–Crippen LogP) is 4.98. The van der Waals surface area contributed by atoms with Crippen molar-refractivity contribution >= 4 is 51.8 Å². The maximum Gasteiger partial charge on any atom is 0.341 e. The van der Waals surface area contributed by atoms with Gasteiger partial charge in [0.25, 0.3) is 11.5 Å². The Morgan fingerprint density at radius 2 is 1.86 bits per heavy atom. The summed E-state index contributed by atoms with van der Waals surface area (Å²) in [5.74, 6) is -1.37. The molecule has 0 atom stereocenters. The van der Waals surface area contributed by atoms with E-state index in [1.807, 2.05) is 19.9 Å². The maximum absolute atomic E-state index is 13.5. The normalized spacial score (nSPS) is 11.9. The van der Waals surface area contributed by atoms with Crippen molar-refractivity contribution in [2.75, 3.05) is 6.61 Å². The van der Waals surface area contributed by atoms with Gasteiger partial charge in [-0.3, -0.25) is 14.0 Å². The second kappa shape index (κ2) is 10.6. The molecule has 1 aromatic carbocycles. The molecule has 0 bridgehead atoms. The highest BCUT2D eigenvalue weighted by molar-refractivity contribution is 6.36. The second-order valence-electron chi connectivity index (χ2n) is 8.19. The number of rotatable bonds is 6. The van der Waals surface area contributed by atoms with Crippen molar-refractivity contribution in [3.63, 3.8) is 0 Å². The molecule has 3 heterocycles. The van der Waals surface area contributed by atoms with Crippen molar-refractivity contribution in [1.82, 2.24) is 14.0 Å². The minimum Gasteiger partial charge on any atom is -0.462 e. The average molecular weight is 527 g/mol. The Morgan fingerprint density at radius 1 is 1.08 bits per heavy atom. The summed E-state index contributed by atoms with van der Waals surface area (Å²) in [6.45, 7) is 6.02. The van der Waals surface area contributed by atoms with Crippen LogP contribution in [0.15, 0.2) is 52.4 Å². The number of carbonyl (C=O) groups is 2. The van der Waals surface area contributed by atoms with Crippen molar-refractivity contribution in [1.29, 1.82) is 0 Å². The van der Waals surface area contributed by atoms with Crippen LogP contribution in [-0.2, 0) is 11.3 Å². The van der Waals surface area contributed by atoms with Crippen molar-refractivity contribution in [2.24, 2.45) is 4.99 Å². The molecule has 0 saturated heterocycles. The lowest BCUT2D eigenvalue weighted by atomic mass is 10.1. The van der Waals surface area contributed by atoms with Crippen LogP contribution in [0.3, 0.4) is 0 Å².